The van der Waals surface area contributed by atoms with Gasteiger partial charge >= 0.3 is 0 Å². The predicted molar refractivity (Wildman–Crippen MR) is 64.0 cm³/mol. The maximum Gasteiger partial charge on any atom is 0.246 e. The van der Waals surface area contributed by atoms with Crippen LogP contribution in [0.3, 0.4) is 0 Å². The summed E-state index contributed by atoms with van der Waals surface area (Å²) in [6, 6.07) is 10.2. The lowest BCUT2D eigenvalue weighted by atomic mass is 10.2. The third-order valence-electron chi connectivity index (χ3n) is 2.37. The summed E-state index contributed by atoms with van der Waals surface area (Å²) in [6.07, 6.45) is 0. The fourth-order valence-electron chi connectivity index (χ4n) is 1.53. The molecule has 5 nitrogen and oxygen atoms in total. The van der Waals surface area contributed by atoms with Gasteiger partial charge in [-0.3, -0.25) is 0 Å². The molecular weight excluding hydrogens is 202 g/mol. The average Bonchev–Trinajstić information content (AvgIpc) is 2.74. The first-order valence-corrected chi connectivity index (χ1v) is 5.26. The van der Waals surface area contributed by atoms with Gasteiger partial charge in [0.2, 0.25) is 11.9 Å². The number of nitrogens with zero attached hydrogens (tertiary/aromatic N) is 3. The second-order valence-electron chi connectivity index (χ2n) is 3.52. The molecule has 1 aromatic carbocycles. The monoisotopic (exact) mass is 217 g/mol. The molecular formula is C11H15N5. The molecule has 2 rings (SSSR count). The number of hydrogen-bond donors (Lipinski definition) is 2. The van der Waals surface area contributed by atoms with Crippen LogP contribution in [0.15, 0.2) is 30.3 Å². The first-order valence-electron chi connectivity index (χ1n) is 5.26. The topological polar surface area (TPSA) is 70.8 Å². The van der Waals surface area contributed by atoms with E-state index in [0.29, 0.717) is 11.9 Å². The van der Waals surface area contributed by atoms with Crippen molar-refractivity contribution in [2.24, 2.45) is 0 Å². The van der Waals surface area contributed by atoms with E-state index >= 15 is 0 Å². The molecule has 84 valence electrons. The number of benzene rings is 1. The Morgan fingerprint density at radius 1 is 1.31 bits per heavy atom. The molecule has 1 heterocycles. The molecule has 16 heavy (non-hydrogen) atoms. The van der Waals surface area contributed by atoms with Crippen LogP contribution in [0, 0.1) is 0 Å². The van der Waals surface area contributed by atoms with Crippen LogP contribution in [-0.4, -0.2) is 21.7 Å². The number of H-pyrrole nitrogens is 1. The first kappa shape index (κ1) is 10.5. The number of aromatic nitrogens is 3. The molecule has 0 bridgehead atoms. The van der Waals surface area contributed by atoms with Gasteiger partial charge in [0.25, 0.3) is 0 Å². The zero-order valence-electron chi connectivity index (χ0n) is 9.22. The summed E-state index contributed by atoms with van der Waals surface area (Å²) >= 11 is 0. The lowest BCUT2D eigenvalue weighted by molar-refractivity contribution is 0.795. The number of hydrogen-bond acceptors (Lipinski definition) is 4. The van der Waals surface area contributed by atoms with Crippen LogP contribution < -0.4 is 10.6 Å². The molecule has 0 aliphatic heterocycles. The minimum Gasteiger partial charge on any atom is -0.368 e. The predicted octanol–water partition coefficient (Wildman–Crippen LogP) is 1.41. The maximum atomic E-state index is 5.51. The van der Waals surface area contributed by atoms with E-state index in [2.05, 4.69) is 39.1 Å². The minimum atomic E-state index is 0.349. The van der Waals surface area contributed by atoms with Crippen LogP contribution in [0.25, 0.3) is 0 Å². The number of anilines is 2. The van der Waals surface area contributed by atoms with Crippen molar-refractivity contribution < 1.29 is 0 Å². The van der Waals surface area contributed by atoms with E-state index < -0.39 is 0 Å². The molecule has 0 atom stereocenters. The highest BCUT2D eigenvalue weighted by Crippen LogP contribution is 2.12. The van der Waals surface area contributed by atoms with Crippen molar-refractivity contribution in [1.82, 2.24) is 15.2 Å². The van der Waals surface area contributed by atoms with Gasteiger partial charge in [-0.2, -0.15) is 4.98 Å². The number of nitrogen functional groups attached to an aromatic ring is 1. The average molecular weight is 217 g/mol. The van der Waals surface area contributed by atoms with Crippen molar-refractivity contribution in [3.8, 4) is 0 Å². The summed E-state index contributed by atoms with van der Waals surface area (Å²) in [5.41, 5.74) is 6.74. The molecule has 3 N–H and O–H groups in total. The van der Waals surface area contributed by atoms with Gasteiger partial charge < -0.3 is 10.6 Å². The van der Waals surface area contributed by atoms with E-state index in [4.69, 9.17) is 5.73 Å². The van der Waals surface area contributed by atoms with Crippen molar-refractivity contribution in [3.63, 3.8) is 0 Å². The van der Waals surface area contributed by atoms with Gasteiger partial charge in [0.05, 0.1) is 0 Å². The number of nitrogens with one attached hydrogen (secondary N) is 1. The Balaban J connectivity index is 2.12. The van der Waals surface area contributed by atoms with E-state index in [1.54, 1.807) is 0 Å². The van der Waals surface area contributed by atoms with E-state index in [9.17, 15) is 0 Å². The van der Waals surface area contributed by atoms with Crippen LogP contribution in [-0.2, 0) is 6.54 Å². The smallest absolute Gasteiger partial charge is 0.246 e. The largest absolute Gasteiger partial charge is 0.368 e. The fraction of sp³-hybridized carbons (Fsp3) is 0.273. The van der Waals surface area contributed by atoms with Crippen molar-refractivity contribution >= 4 is 11.9 Å². The molecule has 2 aromatic rings. The zero-order chi connectivity index (χ0) is 11.4. The molecule has 5 heteroatoms. The highest BCUT2D eigenvalue weighted by atomic mass is 15.4. The molecule has 0 radical (unpaired) electrons. The van der Waals surface area contributed by atoms with E-state index in [1.165, 1.54) is 5.56 Å². The molecule has 0 aliphatic carbocycles. The van der Waals surface area contributed by atoms with Gasteiger partial charge in [-0.1, -0.05) is 30.3 Å². The Bertz CT molecular complexity index is 437. The molecule has 0 saturated carbocycles. The Morgan fingerprint density at radius 3 is 2.62 bits per heavy atom. The van der Waals surface area contributed by atoms with Crippen molar-refractivity contribution in [2.45, 2.75) is 13.5 Å². The first-order chi connectivity index (χ1) is 7.79. The maximum absolute atomic E-state index is 5.51. The van der Waals surface area contributed by atoms with Gasteiger partial charge in [0, 0.05) is 13.1 Å². The van der Waals surface area contributed by atoms with Gasteiger partial charge in [0.15, 0.2) is 0 Å². The summed E-state index contributed by atoms with van der Waals surface area (Å²) in [5.74, 6) is 0.991. The number of aromatic amines is 1. The Kier molecular flexibility index (Phi) is 3.05. The molecule has 0 aliphatic rings. The summed E-state index contributed by atoms with van der Waals surface area (Å²) < 4.78 is 0. The second-order valence-corrected chi connectivity index (χ2v) is 3.52. The van der Waals surface area contributed by atoms with Gasteiger partial charge in [-0.05, 0) is 12.5 Å². The Hall–Kier alpha value is -2.04. The molecule has 0 amide bonds. The van der Waals surface area contributed by atoms with Crippen LogP contribution in [0.4, 0.5) is 11.9 Å². The third kappa shape index (κ3) is 2.31. The van der Waals surface area contributed by atoms with Gasteiger partial charge in [-0.25, -0.2) is 5.10 Å². The summed E-state index contributed by atoms with van der Waals surface area (Å²) in [7, 11) is 0. The third-order valence-corrected chi connectivity index (χ3v) is 2.37. The normalized spacial score (nSPS) is 10.3. The fourth-order valence-corrected chi connectivity index (χ4v) is 1.53. The molecule has 0 spiro atoms. The van der Waals surface area contributed by atoms with Gasteiger partial charge in [0.1, 0.15) is 0 Å². The Morgan fingerprint density at radius 2 is 2.06 bits per heavy atom. The van der Waals surface area contributed by atoms with Crippen molar-refractivity contribution in [3.05, 3.63) is 35.9 Å². The highest BCUT2D eigenvalue weighted by molar-refractivity contribution is 5.35. The SMILES string of the molecule is CCN(Cc1ccccc1)c1n[nH]c(N)n1. The van der Waals surface area contributed by atoms with Crippen molar-refractivity contribution in [2.75, 3.05) is 17.2 Å². The van der Waals surface area contributed by atoms with Crippen LogP contribution in [0.2, 0.25) is 0 Å². The highest BCUT2D eigenvalue weighted by Gasteiger charge is 2.09. The molecule has 0 unspecified atom stereocenters. The van der Waals surface area contributed by atoms with Crippen LogP contribution >= 0.6 is 0 Å². The molecule has 0 fully saturated rings. The number of rotatable bonds is 4. The zero-order valence-corrected chi connectivity index (χ0v) is 9.22. The summed E-state index contributed by atoms with van der Waals surface area (Å²) in [6.45, 7) is 3.69. The Labute approximate surface area is 94.3 Å². The van der Waals surface area contributed by atoms with Crippen LogP contribution in [0.5, 0.6) is 0 Å². The van der Waals surface area contributed by atoms with Gasteiger partial charge in [-0.15, -0.1) is 5.10 Å². The standard InChI is InChI=1S/C11H15N5/c1-2-16(11-13-10(12)14-15-11)8-9-6-4-3-5-7-9/h3-7H,2,8H2,1H3,(H3,12,13,14,15). The van der Waals surface area contributed by atoms with E-state index in [1.807, 2.05) is 18.2 Å². The van der Waals surface area contributed by atoms with E-state index in [0.717, 1.165) is 13.1 Å². The molecule has 1 aromatic heterocycles. The molecule has 0 saturated heterocycles. The quantitative estimate of drug-likeness (QED) is 0.812. The second kappa shape index (κ2) is 4.65. The lowest BCUT2D eigenvalue weighted by Crippen LogP contribution is -2.23. The summed E-state index contributed by atoms with van der Waals surface area (Å²) in [4.78, 5) is 6.17. The lowest BCUT2D eigenvalue weighted by Gasteiger charge is -2.18. The van der Waals surface area contributed by atoms with Crippen molar-refractivity contribution in [1.29, 1.82) is 0 Å². The van der Waals surface area contributed by atoms with Crippen LogP contribution in [0.1, 0.15) is 12.5 Å². The summed E-state index contributed by atoms with van der Waals surface area (Å²) in [5, 5.41) is 6.69. The minimum absolute atomic E-state index is 0.349. The van der Waals surface area contributed by atoms with E-state index in [-0.39, 0.29) is 0 Å². The number of nitrogens with two attached hydrogens (primary N) is 1.